The minimum atomic E-state index is -4.55. The molecule has 6 N–H and O–H groups in total. The third kappa shape index (κ3) is 22.9. The zero-order valence-electron chi connectivity index (χ0n) is 21.2. The van der Waals surface area contributed by atoms with Crippen molar-refractivity contribution in [1.82, 2.24) is 5.32 Å². The van der Waals surface area contributed by atoms with E-state index in [2.05, 4.69) is 33.4 Å². The number of carbonyl (C=O) groups excluding carboxylic acids is 1. The van der Waals surface area contributed by atoms with Crippen LogP contribution in [0.2, 0.25) is 0 Å². The second kappa shape index (κ2) is 21.9. The van der Waals surface area contributed by atoms with E-state index in [1.807, 2.05) is 0 Å². The zero-order chi connectivity index (χ0) is 26.4. The van der Waals surface area contributed by atoms with Crippen LogP contribution in [-0.4, -0.2) is 58.9 Å². The molecule has 0 aliphatic heterocycles. The summed E-state index contributed by atoms with van der Waals surface area (Å²) < 4.78 is 20.6. The van der Waals surface area contributed by atoms with Crippen molar-refractivity contribution >= 4 is 19.7 Å². The van der Waals surface area contributed by atoms with Crippen LogP contribution in [0, 0.1) is 0 Å². The molecule has 35 heavy (non-hydrogen) atoms. The Balaban J connectivity index is 3.62. The summed E-state index contributed by atoms with van der Waals surface area (Å²) in [5.74, 6) is -1.60. The third-order valence-corrected chi connectivity index (χ3v) is 6.32. The largest absolute Gasteiger partial charge is 0.480 e. The molecule has 10 nitrogen and oxygen atoms in total. The lowest BCUT2D eigenvalue weighted by Gasteiger charge is -2.16. The van der Waals surface area contributed by atoms with Gasteiger partial charge in [-0.25, -0.2) is 4.57 Å². The summed E-state index contributed by atoms with van der Waals surface area (Å²) in [6.45, 7) is 0.813. The maximum Gasteiger partial charge on any atom is 0.472 e. The molecule has 0 saturated carbocycles. The summed E-state index contributed by atoms with van der Waals surface area (Å²) >= 11 is 0. The van der Waals surface area contributed by atoms with E-state index in [4.69, 9.17) is 10.8 Å². The number of hydrogen-bond donors (Lipinski definition) is 5. The van der Waals surface area contributed by atoms with Crippen LogP contribution in [0.15, 0.2) is 12.2 Å². The summed E-state index contributed by atoms with van der Waals surface area (Å²) in [5.41, 5.74) is 5.16. The lowest BCUT2D eigenvalue weighted by Crippen LogP contribution is -2.35. The van der Waals surface area contributed by atoms with Crippen LogP contribution in [0.5, 0.6) is 0 Å². The van der Waals surface area contributed by atoms with Gasteiger partial charge in [0.25, 0.3) is 0 Å². The van der Waals surface area contributed by atoms with Crippen LogP contribution in [-0.2, 0) is 23.2 Å². The molecule has 206 valence electrons. The molecule has 0 aromatic rings. The molecule has 0 radical (unpaired) electrons. The molecule has 0 fully saturated rings. The van der Waals surface area contributed by atoms with Crippen molar-refractivity contribution < 1.29 is 38.3 Å². The number of aliphatic carboxylic acids is 1. The van der Waals surface area contributed by atoms with Crippen molar-refractivity contribution in [2.24, 2.45) is 5.73 Å². The van der Waals surface area contributed by atoms with Crippen molar-refractivity contribution in [3.8, 4) is 0 Å². The van der Waals surface area contributed by atoms with Gasteiger partial charge >= 0.3 is 13.8 Å². The molecule has 0 rings (SSSR count). The van der Waals surface area contributed by atoms with Gasteiger partial charge in [0, 0.05) is 13.0 Å². The highest BCUT2D eigenvalue weighted by atomic mass is 31.2. The van der Waals surface area contributed by atoms with E-state index < -0.39 is 39.2 Å². The fourth-order valence-corrected chi connectivity index (χ4v) is 3.98. The first-order valence-corrected chi connectivity index (χ1v) is 14.4. The number of amides is 1. The number of phosphoric acid groups is 1. The Morgan fingerprint density at radius 1 is 0.914 bits per heavy atom. The maximum absolute atomic E-state index is 11.9. The van der Waals surface area contributed by atoms with Gasteiger partial charge in [-0.15, -0.1) is 0 Å². The van der Waals surface area contributed by atoms with Crippen molar-refractivity contribution in [1.29, 1.82) is 0 Å². The van der Waals surface area contributed by atoms with Gasteiger partial charge in [0.1, 0.15) is 6.04 Å². The standard InChI is InChI=1S/C24H47N2O8P/c1-2-3-4-5-6-7-8-9-10-11-12-13-14-15-16-17-23(28)26-18-21(27)19-33-35(31,32)34-20-22(25)24(29)30/h9-10,21-22,27H,2-8,11-20,25H2,1H3,(H,26,28)(H,29,30)(H,31,32)/b10-9-/t21-,22+/m1/s1. The number of allylic oxidation sites excluding steroid dienone is 2. The molecular weight excluding hydrogens is 475 g/mol. The monoisotopic (exact) mass is 522 g/mol. The highest BCUT2D eigenvalue weighted by Crippen LogP contribution is 2.43. The quantitative estimate of drug-likeness (QED) is 0.0713. The molecule has 0 spiro atoms. The minimum Gasteiger partial charge on any atom is -0.480 e. The number of phosphoric ester groups is 1. The molecule has 0 heterocycles. The zero-order valence-corrected chi connectivity index (χ0v) is 22.1. The van der Waals surface area contributed by atoms with Gasteiger partial charge in [-0.1, -0.05) is 70.4 Å². The summed E-state index contributed by atoms with van der Waals surface area (Å²) in [6, 6.07) is -1.47. The van der Waals surface area contributed by atoms with Crippen LogP contribution < -0.4 is 11.1 Å². The molecule has 0 bridgehead atoms. The fourth-order valence-electron chi connectivity index (χ4n) is 3.20. The van der Waals surface area contributed by atoms with E-state index in [9.17, 15) is 24.2 Å². The summed E-state index contributed by atoms with van der Waals surface area (Å²) in [7, 11) is -4.55. The predicted molar refractivity (Wildman–Crippen MR) is 136 cm³/mol. The van der Waals surface area contributed by atoms with Gasteiger partial charge in [0.2, 0.25) is 5.91 Å². The number of aliphatic hydroxyl groups is 1. The Morgan fingerprint density at radius 3 is 2.00 bits per heavy atom. The molecule has 1 amide bonds. The first-order valence-electron chi connectivity index (χ1n) is 12.9. The van der Waals surface area contributed by atoms with Crippen LogP contribution in [0.1, 0.15) is 96.8 Å². The van der Waals surface area contributed by atoms with E-state index in [1.165, 1.54) is 44.9 Å². The molecule has 0 saturated heterocycles. The fraction of sp³-hybridized carbons (Fsp3) is 0.833. The SMILES string of the molecule is CCCCCCCC/C=C\CCCCCCCC(=O)NC[C@@H](O)COP(=O)(O)OC[C@H](N)C(=O)O. The molecule has 0 aromatic carbocycles. The van der Waals surface area contributed by atoms with Gasteiger partial charge < -0.3 is 26.2 Å². The van der Waals surface area contributed by atoms with E-state index in [0.717, 1.165) is 38.5 Å². The molecule has 0 aromatic heterocycles. The summed E-state index contributed by atoms with van der Waals surface area (Å²) in [4.78, 5) is 31.8. The molecule has 11 heteroatoms. The Bertz CT molecular complexity index is 633. The van der Waals surface area contributed by atoms with Crippen molar-refractivity contribution in [3.63, 3.8) is 0 Å². The number of rotatable bonds is 24. The Morgan fingerprint density at radius 2 is 1.43 bits per heavy atom. The van der Waals surface area contributed by atoms with Gasteiger partial charge in [0.15, 0.2) is 0 Å². The van der Waals surface area contributed by atoms with E-state index in [1.54, 1.807) is 0 Å². The van der Waals surface area contributed by atoms with E-state index in [0.29, 0.717) is 6.42 Å². The third-order valence-electron chi connectivity index (χ3n) is 5.36. The Hall–Kier alpha value is -1.29. The van der Waals surface area contributed by atoms with Crippen LogP contribution in [0.3, 0.4) is 0 Å². The second-order valence-corrected chi connectivity index (χ2v) is 10.3. The Labute approximate surface area is 210 Å². The lowest BCUT2D eigenvalue weighted by atomic mass is 10.1. The number of carboxylic acids is 1. The number of unbranched alkanes of at least 4 members (excludes halogenated alkanes) is 11. The Kier molecular flexibility index (Phi) is 21.1. The van der Waals surface area contributed by atoms with E-state index in [-0.39, 0.29) is 12.5 Å². The predicted octanol–water partition coefficient (Wildman–Crippen LogP) is 4.05. The molecule has 1 unspecified atom stereocenters. The van der Waals surface area contributed by atoms with Gasteiger partial charge in [-0.2, -0.15) is 0 Å². The maximum atomic E-state index is 11.9. The molecule has 0 aliphatic carbocycles. The summed E-state index contributed by atoms with van der Waals surface area (Å²) in [6.07, 6.45) is 19.0. The highest BCUT2D eigenvalue weighted by molar-refractivity contribution is 7.47. The van der Waals surface area contributed by atoms with Gasteiger partial charge in [0.05, 0.1) is 19.3 Å². The number of carbonyl (C=O) groups is 2. The normalized spacial score (nSPS) is 15.1. The van der Waals surface area contributed by atoms with Crippen LogP contribution in [0.4, 0.5) is 0 Å². The number of nitrogens with one attached hydrogen (secondary N) is 1. The van der Waals surface area contributed by atoms with Crippen LogP contribution in [0.25, 0.3) is 0 Å². The topological polar surface area (TPSA) is 168 Å². The minimum absolute atomic E-state index is 0.140. The average molecular weight is 523 g/mol. The number of carboxylic acid groups (broad SMARTS) is 1. The van der Waals surface area contributed by atoms with Crippen molar-refractivity contribution in [2.75, 3.05) is 19.8 Å². The van der Waals surface area contributed by atoms with E-state index >= 15 is 0 Å². The van der Waals surface area contributed by atoms with Crippen molar-refractivity contribution in [2.45, 2.75) is 109 Å². The summed E-state index contributed by atoms with van der Waals surface area (Å²) in [5, 5.41) is 20.9. The smallest absolute Gasteiger partial charge is 0.472 e. The molecule has 0 aliphatic rings. The van der Waals surface area contributed by atoms with Gasteiger partial charge in [-0.05, 0) is 32.1 Å². The first kappa shape index (κ1) is 33.7. The van der Waals surface area contributed by atoms with Gasteiger partial charge in [-0.3, -0.25) is 18.6 Å². The van der Waals surface area contributed by atoms with Crippen LogP contribution >= 0.6 is 7.82 Å². The number of hydrogen-bond acceptors (Lipinski definition) is 7. The highest BCUT2D eigenvalue weighted by Gasteiger charge is 2.25. The average Bonchev–Trinajstić information content (AvgIpc) is 2.82. The number of nitrogens with two attached hydrogens (primary N) is 1. The van der Waals surface area contributed by atoms with Crippen molar-refractivity contribution in [3.05, 3.63) is 12.2 Å². The second-order valence-electron chi connectivity index (χ2n) is 8.80. The lowest BCUT2D eigenvalue weighted by molar-refractivity contribution is -0.139. The number of aliphatic hydroxyl groups excluding tert-OH is 1. The molecule has 3 atom stereocenters. The first-order chi connectivity index (χ1) is 16.7. The molecular formula is C24H47N2O8P.